The van der Waals surface area contributed by atoms with Crippen molar-refractivity contribution >= 4 is 17.7 Å². The summed E-state index contributed by atoms with van der Waals surface area (Å²) in [6.45, 7) is 8.62. The van der Waals surface area contributed by atoms with Crippen LogP contribution in [0.1, 0.15) is 12.6 Å². The van der Waals surface area contributed by atoms with Gasteiger partial charge in [0.25, 0.3) is 0 Å². The summed E-state index contributed by atoms with van der Waals surface area (Å²) in [5.74, 6) is 1.78. The molecule has 2 fully saturated rings. The lowest BCUT2D eigenvalue weighted by Gasteiger charge is -2.34. The number of rotatable bonds is 3. The third-order valence-electron chi connectivity index (χ3n) is 3.98. The van der Waals surface area contributed by atoms with Gasteiger partial charge < -0.3 is 20.4 Å². The van der Waals surface area contributed by atoms with E-state index in [1.165, 1.54) is 0 Å². The number of carbonyl (C=O) groups is 1. The first-order valence-electron chi connectivity index (χ1n) is 7.45. The normalized spacial score (nSPS) is 19.3. The number of aromatic nitrogens is 2. The Morgan fingerprint density at radius 1 is 1.29 bits per heavy atom. The monoisotopic (exact) mass is 290 g/mol. The van der Waals surface area contributed by atoms with Gasteiger partial charge in [0.05, 0.1) is 6.04 Å². The third kappa shape index (κ3) is 3.24. The Balaban J connectivity index is 1.68. The van der Waals surface area contributed by atoms with Gasteiger partial charge in [-0.25, -0.2) is 4.98 Å². The van der Waals surface area contributed by atoms with Crippen molar-refractivity contribution in [2.45, 2.75) is 19.9 Å². The predicted octanol–water partition coefficient (Wildman–Crippen LogP) is -0.163. The number of aryl methyl sites for hydroxylation is 1. The molecule has 1 aromatic heterocycles. The fourth-order valence-corrected chi connectivity index (χ4v) is 2.59. The summed E-state index contributed by atoms with van der Waals surface area (Å²) in [6, 6.07) is 2.44. The average Bonchev–Trinajstić information content (AvgIpc) is 2.42. The Labute approximate surface area is 124 Å². The van der Waals surface area contributed by atoms with Gasteiger partial charge in [0.2, 0.25) is 11.9 Å². The van der Waals surface area contributed by atoms with E-state index in [1.54, 1.807) is 6.92 Å². The first-order chi connectivity index (χ1) is 10.1. The highest BCUT2D eigenvalue weighted by molar-refractivity contribution is 5.73. The van der Waals surface area contributed by atoms with Crippen LogP contribution in [0.3, 0.4) is 0 Å². The average molecular weight is 290 g/mol. The molecule has 0 atom stereocenters. The van der Waals surface area contributed by atoms with Gasteiger partial charge in [-0.15, -0.1) is 0 Å². The standard InChI is InChI=1S/C14H22N6O/c1-10-7-13(17-12-8-15-9-12)18-14(16-10)20-5-3-19(4-6-20)11(2)21/h7,12,15H,3-6,8-9H2,1-2H3,(H,16,17,18). The van der Waals surface area contributed by atoms with Crippen LogP contribution in [-0.4, -0.2) is 66.1 Å². The van der Waals surface area contributed by atoms with Gasteiger partial charge >= 0.3 is 0 Å². The quantitative estimate of drug-likeness (QED) is 0.806. The van der Waals surface area contributed by atoms with Gasteiger partial charge in [0, 0.05) is 58.0 Å². The molecule has 0 spiro atoms. The molecule has 0 aliphatic carbocycles. The summed E-state index contributed by atoms with van der Waals surface area (Å²) in [4.78, 5) is 24.5. The first kappa shape index (κ1) is 14.1. The van der Waals surface area contributed by atoms with Gasteiger partial charge in [0.15, 0.2) is 0 Å². The Hall–Kier alpha value is -1.89. The smallest absolute Gasteiger partial charge is 0.227 e. The third-order valence-corrected chi connectivity index (χ3v) is 3.98. The van der Waals surface area contributed by atoms with E-state index in [4.69, 9.17) is 0 Å². The molecule has 2 aliphatic rings. The molecule has 114 valence electrons. The molecule has 1 amide bonds. The highest BCUT2D eigenvalue weighted by Gasteiger charge is 2.22. The highest BCUT2D eigenvalue weighted by Crippen LogP contribution is 2.17. The molecule has 21 heavy (non-hydrogen) atoms. The van der Waals surface area contributed by atoms with E-state index < -0.39 is 0 Å². The van der Waals surface area contributed by atoms with Crippen molar-refractivity contribution in [1.82, 2.24) is 20.2 Å². The van der Waals surface area contributed by atoms with Crippen molar-refractivity contribution < 1.29 is 4.79 Å². The molecular formula is C14H22N6O. The molecule has 3 rings (SSSR count). The summed E-state index contributed by atoms with van der Waals surface area (Å²) in [7, 11) is 0. The molecule has 0 radical (unpaired) electrons. The van der Waals surface area contributed by atoms with Crippen LogP contribution in [0, 0.1) is 6.92 Å². The van der Waals surface area contributed by atoms with E-state index in [-0.39, 0.29) is 5.91 Å². The van der Waals surface area contributed by atoms with Gasteiger partial charge in [-0.3, -0.25) is 4.79 Å². The molecule has 2 N–H and O–H groups in total. The minimum atomic E-state index is 0.139. The zero-order chi connectivity index (χ0) is 14.8. The van der Waals surface area contributed by atoms with Crippen molar-refractivity contribution in [1.29, 1.82) is 0 Å². The Morgan fingerprint density at radius 2 is 2.00 bits per heavy atom. The summed E-state index contributed by atoms with van der Waals surface area (Å²) >= 11 is 0. The molecule has 7 heteroatoms. The summed E-state index contributed by atoms with van der Waals surface area (Å²) in [5.41, 5.74) is 0.962. The van der Waals surface area contributed by atoms with Crippen LogP contribution in [0.4, 0.5) is 11.8 Å². The minimum Gasteiger partial charge on any atom is -0.365 e. The molecule has 1 aromatic rings. The number of carbonyl (C=O) groups excluding carboxylic acids is 1. The fourth-order valence-electron chi connectivity index (χ4n) is 2.59. The number of nitrogens with one attached hydrogen (secondary N) is 2. The molecule has 7 nitrogen and oxygen atoms in total. The van der Waals surface area contributed by atoms with Gasteiger partial charge in [0.1, 0.15) is 5.82 Å². The number of nitrogens with zero attached hydrogens (tertiary/aromatic N) is 4. The van der Waals surface area contributed by atoms with E-state index in [0.717, 1.165) is 56.7 Å². The highest BCUT2D eigenvalue weighted by atomic mass is 16.2. The number of amides is 1. The number of piperazine rings is 1. The van der Waals surface area contributed by atoms with Gasteiger partial charge in [-0.05, 0) is 6.92 Å². The van der Waals surface area contributed by atoms with Gasteiger partial charge in [-0.2, -0.15) is 4.98 Å². The second-order valence-corrected chi connectivity index (χ2v) is 5.69. The zero-order valence-corrected chi connectivity index (χ0v) is 12.6. The second kappa shape index (κ2) is 5.85. The number of hydrogen-bond donors (Lipinski definition) is 2. The van der Waals surface area contributed by atoms with Crippen LogP contribution in [0.5, 0.6) is 0 Å². The summed E-state index contributed by atoms with van der Waals surface area (Å²) < 4.78 is 0. The largest absolute Gasteiger partial charge is 0.365 e. The van der Waals surface area contributed by atoms with Crippen LogP contribution in [-0.2, 0) is 4.79 Å². The second-order valence-electron chi connectivity index (χ2n) is 5.69. The van der Waals surface area contributed by atoms with Crippen molar-refractivity contribution in [2.75, 3.05) is 49.5 Å². The molecule has 0 saturated carbocycles. The van der Waals surface area contributed by atoms with Crippen molar-refractivity contribution in [3.63, 3.8) is 0 Å². The molecule has 0 unspecified atom stereocenters. The molecular weight excluding hydrogens is 268 g/mol. The van der Waals surface area contributed by atoms with Crippen molar-refractivity contribution in [2.24, 2.45) is 0 Å². The zero-order valence-electron chi connectivity index (χ0n) is 12.6. The predicted molar refractivity (Wildman–Crippen MR) is 81.5 cm³/mol. The maximum absolute atomic E-state index is 11.4. The lowest BCUT2D eigenvalue weighted by atomic mass is 10.2. The van der Waals surface area contributed by atoms with Crippen LogP contribution in [0.15, 0.2) is 6.07 Å². The fraction of sp³-hybridized carbons (Fsp3) is 0.643. The van der Waals surface area contributed by atoms with E-state index in [0.29, 0.717) is 6.04 Å². The Kier molecular flexibility index (Phi) is 3.92. The van der Waals surface area contributed by atoms with E-state index >= 15 is 0 Å². The summed E-state index contributed by atoms with van der Waals surface area (Å²) in [6.07, 6.45) is 0. The minimum absolute atomic E-state index is 0.139. The van der Waals surface area contributed by atoms with Gasteiger partial charge in [-0.1, -0.05) is 0 Å². The Bertz CT molecular complexity index is 522. The van der Waals surface area contributed by atoms with Crippen LogP contribution < -0.4 is 15.5 Å². The van der Waals surface area contributed by atoms with E-state index in [9.17, 15) is 4.79 Å². The summed E-state index contributed by atoms with van der Waals surface area (Å²) in [5, 5.41) is 6.66. The molecule has 2 saturated heterocycles. The van der Waals surface area contributed by atoms with Crippen molar-refractivity contribution in [3.05, 3.63) is 11.8 Å². The molecule has 3 heterocycles. The number of anilines is 2. The topological polar surface area (TPSA) is 73.4 Å². The lowest BCUT2D eigenvalue weighted by Crippen LogP contribution is -2.51. The first-order valence-corrected chi connectivity index (χ1v) is 7.45. The Morgan fingerprint density at radius 3 is 2.57 bits per heavy atom. The van der Waals surface area contributed by atoms with Crippen LogP contribution >= 0.6 is 0 Å². The SMILES string of the molecule is CC(=O)N1CCN(c2nc(C)cc(NC3CNC3)n2)CC1. The maximum Gasteiger partial charge on any atom is 0.227 e. The maximum atomic E-state index is 11.4. The van der Waals surface area contributed by atoms with E-state index in [2.05, 4.69) is 25.5 Å². The van der Waals surface area contributed by atoms with Crippen molar-refractivity contribution in [3.8, 4) is 0 Å². The van der Waals surface area contributed by atoms with E-state index in [1.807, 2.05) is 17.9 Å². The molecule has 0 aromatic carbocycles. The lowest BCUT2D eigenvalue weighted by molar-refractivity contribution is -0.129. The molecule has 0 bridgehead atoms. The van der Waals surface area contributed by atoms with Crippen LogP contribution in [0.2, 0.25) is 0 Å². The number of hydrogen-bond acceptors (Lipinski definition) is 6. The molecule has 2 aliphatic heterocycles. The van der Waals surface area contributed by atoms with Crippen LogP contribution in [0.25, 0.3) is 0 Å².